The monoisotopic (exact) mass is 726 g/mol. The number of imidazole rings is 1. The summed E-state index contributed by atoms with van der Waals surface area (Å²) in [5, 5.41) is 0. The molecule has 0 saturated heterocycles. The van der Waals surface area contributed by atoms with E-state index in [0.717, 1.165) is 12.1 Å². The maximum Gasteiger partial charge on any atom is 0.417 e. The Balaban J connectivity index is 1.63. The smallest absolute Gasteiger partial charge is 0.275 e. The van der Waals surface area contributed by atoms with Gasteiger partial charge in [-0.05, 0) is 12.1 Å². The lowest BCUT2D eigenvalue weighted by molar-refractivity contribution is -0.139. The lowest BCUT2D eigenvalue weighted by Gasteiger charge is -2.32. The molecular formula is C44H28F6N4. The molecule has 0 aliphatic carbocycles. The average Bonchev–Trinajstić information content (AvgIpc) is 3.80. The van der Waals surface area contributed by atoms with Gasteiger partial charge >= 0.3 is 12.4 Å². The van der Waals surface area contributed by atoms with E-state index in [9.17, 15) is 13.2 Å². The molecule has 0 amide bonds. The van der Waals surface area contributed by atoms with Crippen LogP contribution in [0.3, 0.4) is 0 Å². The van der Waals surface area contributed by atoms with Crippen molar-refractivity contribution >= 4 is 11.4 Å². The van der Waals surface area contributed by atoms with Crippen molar-refractivity contribution in [2.24, 2.45) is 9.98 Å². The molecule has 7 aromatic rings. The summed E-state index contributed by atoms with van der Waals surface area (Å²) in [5.74, 6) is -2.64. The highest BCUT2D eigenvalue weighted by molar-refractivity contribution is 6.54. The van der Waals surface area contributed by atoms with Gasteiger partial charge in [0.15, 0.2) is 0 Å². The molecule has 0 fully saturated rings. The van der Waals surface area contributed by atoms with E-state index in [1.807, 2.05) is 0 Å². The highest BCUT2D eigenvalue weighted by Crippen LogP contribution is 2.50. The minimum Gasteiger partial charge on any atom is -0.275 e. The van der Waals surface area contributed by atoms with Crippen molar-refractivity contribution < 1.29 is 26.3 Å². The maximum atomic E-state index is 15.3. The first-order valence-corrected chi connectivity index (χ1v) is 16.9. The van der Waals surface area contributed by atoms with Crippen LogP contribution in [0.2, 0.25) is 0 Å². The molecule has 0 radical (unpaired) electrons. The van der Waals surface area contributed by atoms with Crippen molar-refractivity contribution in [1.82, 2.24) is 9.55 Å². The molecule has 1 aliphatic heterocycles. The van der Waals surface area contributed by atoms with E-state index in [1.54, 1.807) is 121 Å². The second-order valence-electron chi connectivity index (χ2n) is 12.6. The topological polar surface area (TPSA) is 42.5 Å². The van der Waals surface area contributed by atoms with Gasteiger partial charge in [0.05, 0.1) is 33.9 Å². The van der Waals surface area contributed by atoms with Gasteiger partial charge in [-0.1, -0.05) is 158 Å². The van der Waals surface area contributed by atoms with Crippen LogP contribution in [-0.2, 0) is 18.1 Å². The Kier molecular flexibility index (Phi) is 8.60. The van der Waals surface area contributed by atoms with Crippen LogP contribution in [0.5, 0.6) is 0 Å². The third-order valence-corrected chi connectivity index (χ3v) is 9.21. The zero-order chi connectivity index (χ0) is 37.5. The summed E-state index contributed by atoms with van der Waals surface area (Å²) in [5.41, 5.74) is 0.242. The number of alkyl halides is 6. The third kappa shape index (κ3) is 6.09. The number of hydrogen-bond acceptors (Lipinski definition) is 3. The fourth-order valence-corrected chi connectivity index (χ4v) is 6.89. The average molecular weight is 727 g/mol. The van der Waals surface area contributed by atoms with Gasteiger partial charge in [-0.2, -0.15) is 26.3 Å². The molecule has 4 nitrogen and oxygen atoms in total. The highest BCUT2D eigenvalue weighted by Gasteiger charge is 2.50. The standard InChI is InChI=1S/C44H28F6N4/c45-42(46,47)34-26-14-13-25-33(34)41-51-39(31-21-9-3-10-22-31)40(32-23-11-4-12-24-32)54(41)44(36-28-16-15-27-35(36)43(48,49)50)52-37(29-17-5-1-6-18-29)38(53-44)30-19-7-2-8-20-30/h1-28H. The quantitative estimate of drug-likeness (QED) is 0.151. The molecule has 0 spiro atoms. The number of benzene rings is 6. The molecule has 10 heteroatoms. The fraction of sp³-hybridized carbons (Fsp3) is 0.0682. The first-order valence-electron chi connectivity index (χ1n) is 16.9. The Morgan fingerprint density at radius 2 is 0.833 bits per heavy atom. The molecule has 2 heterocycles. The summed E-state index contributed by atoms with van der Waals surface area (Å²) in [6.45, 7) is 0. The van der Waals surface area contributed by atoms with Gasteiger partial charge in [0.1, 0.15) is 5.82 Å². The third-order valence-electron chi connectivity index (χ3n) is 9.21. The Labute approximate surface area is 306 Å². The number of aromatic nitrogens is 2. The molecule has 0 unspecified atom stereocenters. The van der Waals surface area contributed by atoms with Gasteiger partial charge in [-0.15, -0.1) is 0 Å². The van der Waals surface area contributed by atoms with Gasteiger partial charge in [-0.3, -0.25) is 4.57 Å². The SMILES string of the molecule is FC(F)(F)c1ccccc1-c1nc(-c2ccccc2)c(-c2ccccc2)n1C1(c2ccccc2C(F)(F)F)N=C(c2ccccc2)C(c2ccccc2)=N1. The van der Waals surface area contributed by atoms with Crippen LogP contribution in [0.15, 0.2) is 180 Å². The first-order chi connectivity index (χ1) is 26.1. The van der Waals surface area contributed by atoms with E-state index in [4.69, 9.17) is 15.0 Å². The summed E-state index contributed by atoms with van der Waals surface area (Å²) in [7, 11) is 0. The van der Waals surface area contributed by atoms with E-state index in [2.05, 4.69) is 0 Å². The van der Waals surface area contributed by atoms with Crippen LogP contribution in [-0.4, -0.2) is 21.0 Å². The van der Waals surface area contributed by atoms with Crippen molar-refractivity contribution in [3.8, 4) is 33.9 Å². The summed E-state index contributed by atoms with van der Waals surface area (Å²) >= 11 is 0. The molecule has 1 aliphatic rings. The molecular weight excluding hydrogens is 698 g/mol. The van der Waals surface area contributed by atoms with E-state index in [0.29, 0.717) is 22.3 Å². The number of nitrogens with zero attached hydrogens (tertiary/aromatic N) is 4. The van der Waals surface area contributed by atoms with Crippen molar-refractivity contribution in [3.63, 3.8) is 0 Å². The summed E-state index contributed by atoms with van der Waals surface area (Å²) < 4.78 is 92.1. The maximum absolute atomic E-state index is 15.3. The van der Waals surface area contributed by atoms with Gasteiger partial charge in [0.25, 0.3) is 5.79 Å². The van der Waals surface area contributed by atoms with E-state index >= 15 is 13.2 Å². The normalized spacial score (nSPS) is 14.1. The molecule has 0 atom stereocenters. The van der Waals surface area contributed by atoms with Gasteiger partial charge in [-0.25, -0.2) is 15.0 Å². The Morgan fingerprint density at radius 1 is 0.426 bits per heavy atom. The van der Waals surface area contributed by atoms with E-state index in [-0.39, 0.29) is 34.2 Å². The van der Waals surface area contributed by atoms with Crippen LogP contribution in [0.4, 0.5) is 26.3 Å². The number of aliphatic imine (C=N–C) groups is 2. The Bertz CT molecular complexity index is 2450. The zero-order valence-corrected chi connectivity index (χ0v) is 28.2. The van der Waals surface area contributed by atoms with Crippen LogP contribution in [0.25, 0.3) is 33.9 Å². The van der Waals surface area contributed by atoms with E-state index < -0.39 is 34.8 Å². The molecule has 1 aromatic heterocycles. The predicted octanol–water partition coefficient (Wildman–Crippen LogP) is 11.6. The Hall–Kier alpha value is -6.55. The Morgan fingerprint density at radius 3 is 1.33 bits per heavy atom. The van der Waals surface area contributed by atoms with Gasteiger partial charge < -0.3 is 0 Å². The molecule has 266 valence electrons. The predicted molar refractivity (Wildman–Crippen MR) is 198 cm³/mol. The lowest BCUT2D eigenvalue weighted by atomic mass is 9.97. The molecule has 0 bridgehead atoms. The molecule has 8 rings (SSSR count). The van der Waals surface area contributed by atoms with Crippen LogP contribution >= 0.6 is 0 Å². The van der Waals surface area contributed by atoms with Gasteiger partial charge in [0, 0.05) is 33.4 Å². The van der Waals surface area contributed by atoms with Crippen molar-refractivity contribution in [2.45, 2.75) is 18.1 Å². The lowest BCUT2D eigenvalue weighted by Crippen LogP contribution is -2.34. The molecule has 54 heavy (non-hydrogen) atoms. The number of halogens is 6. The number of hydrogen-bond donors (Lipinski definition) is 0. The summed E-state index contributed by atoms with van der Waals surface area (Å²) in [6, 6.07) is 45.1. The second-order valence-corrected chi connectivity index (χ2v) is 12.6. The van der Waals surface area contributed by atoms with Crippen LogP contribution in [0, 0.1) is 0 Å². The van der Waals surface area contributed by atoms with Crippen molar-refractivity contribution in [3.05, 3.63) is 198 Å². The molecule has 0 saturated carbocycles. The first kappa shape index (κ1) is 34.5. The van der Waals surface area contributed by atoms with Crippen LogP contribution in [0.1, 0.15) is 27.8 Å². The molecule has 6 aromatic carbocycles. The molecule has 0 N–H and O–H groups in total. The summed E-state index contributed by atoms with van der Waals surface area (Å²) in [4.78, 5) is 15.3. The van der Waals surface area contributed by atoms with Crippen molar-refractivity contribution in [2.75, 3.05) is 0 Å². The second kappa shape index (κ2) is 13.5. The largest absolute Gasteiger partial charge is 0.417 e. The van der Waals surface area contributed by atoms with E-state index in [1.165, 1.54) is 41.0 Å². The highest BCUT2D eigenvalue weighted by atomic mass is 19.4. The minimum absolute atomic E-state index is 0.222. The number of rotatable bonds is 7. The minimum atomic E-state index is -4.91. The summed E-state index contributed by atoms with van der Waals surface area (Å²) in [6.07, 6.45) is -9.76. The van der Waals surface area contributed by atoms with Gasteiger partial charge in [0.2, 0.25) is 0 Å². The fourth-order valence-electron chi connectivity index (χ4n) is 6.89. The van der Waals surface area contributed by atoms with Crippen LogP contribution < -0.4 is 0 Å². The van der Waals surface area contributed by atoms with Crippen molar-refractivity contribution in [1.29, 1.82) is 0 Å². The zero-order valence-electron chi connectivity index (χ0n) is 28.2.